The fraction of sp³-hybridized carbons (Fsp3) is 0. The van der Waals surface area contributed by atoms with Gasteiger partial charge in [0.1, 0.15) is 0 Å². The van der Waals surface area contributed by atoms with E-state index in [1.807, 2.05) is 11.3 Å². The maximum absolute atomic E-state index is 5.45. The van der Waals surface area contributed by atoms with Crippen molar-refractivity contribution in [2.24, 2.45) is 0 Å². The molecule has 0 aliphatic rings. The van der Waals surface area contributed by atoms with Crippen LogP contribution in [0, 0.1) is 0 Å². The first-order valence-electron chi connectivity index (χ1n) is 17.7. The quantitative estimate of drug-likeness (QED) is 0.169. The van der Waals surface area contributed by atoms with Crippen molar-refractivity contribution in [1.29, 1.82) is 0 Å². The van der Waals surface area contributed by atoms with Crippen molar-refractivity contribution in [1.82, 2.24) is 9.55 Å². The molecule has 0 aliphatic carbocycles. The second-order valence-electron chi connectivity index (χ2n) is 13.5. The highest BCUT2D eigenvalue weighted by atomic mass is 32.1. The number of hydrogen-bond donors (Lipinski definition) is 0. The Morgan fingerprint density at radius 1 is 0.385 bits per heavy atom. The van der Waals surface area contributed by atoms with Crippen LogP contribution in [0.1, 0.15) is 0 Å². The molecule has 0 saturated heterocycles. The van der Waals surface area contributed by atoms with Gasteiger partial charge in [-0.15, -0.1) is 11.3 Å². The standard InChI is InChI=1S/C49H30N2S/c1-3-12-31(13-4-1)35-29-43(34-24-25-38-33(28-34)23-22-32-14-7-8-17-37(32)38)50-44(30-35)41-20-11-19-39-40-26-27-46-47(49(40)52-48(39)41)42-18-9-10-21-45(42)51(46)36-15-5-2-6-16-36/h1-30H. The Hall–Kier alpha value is -6.55. The van der Waals surface area contributed by atoms with Crippen LogP contribution in [-0.2, 0) is 0 Å². The predicted octanol–water partition coefficient (Wildman–Crippen LogP) is 13.9. The molecular formula is C49H30N2S. The lowest BCUT2D eigenvalue weighted by Gasteiger charge is -2.12. The van der Waals surface area contributed by atoms with E-state index < -0.39 is 0 Å². The molecule has 0 atom stereocenters. The van der Waals surface area contributed by atoms with E-state index in [1.54, 1.807) is 0 Å². The number of hydrogen-bond acceptors (Lipinski definition) is 2. The summed E-state index contributed by atoms with van der Waals surface area (Å²) in [4.78, 5) is 5.45. The molecule has 242 valence electrons. The number of aromatic nitrogens is 2. The fourth-order valence-corrected chi connectivity index (χ4v) is 9.53. The zero-order valence-corrected chi connectivity index (χ0v) is 28.9. The minimum Gasteiger partial charge on any atom is -0.309 e. The van der Waals surface area contributed by atoms with Gasteiger partial charge in [-0.2, -0.15) is 0 Å². The monoisotopic (exact) mass is 678 g/mol. The maximum Gasteiger partial charge on any atom is 0.0730 e. The van der Waals surface area contributed by atoms with E-state index in [0.29, 0.717) is 0 Å². The van der Waals surface area contributed by atoms with E-state index >= 15 is 0 Å². The zero-order chi connectivity index (χ0) is 34.2. The van der Waals surface area contributed by atoms with Gasteiger partial charge in [-0.1, -0.05) is 140 Å². The smallest absolute Gasteiger partial charge is 0.0730 e. The number of fused-ring (bicyclic) bond motifs is 10. The summed E-state index contributed by atoms with van der Waals surface area (Å²) >= 11 is 1.89. The number of thiophene rings is 1. The number of nitrogens with zero attached hydrogens (tertiary/aromatic N) is 2. The number of para-hydroxylation sites is 2. The summed E-state index contributed by atoms with van der Waals surface area (Å²) in [5, 5.41) is 10.1. The molecule has 0 N–H and O–H groups in total. The number of pyridine rings is 1. The molecule has 8 aromatic carbocycles. The third-order valence-corrected chi connectivity index (χ3v) is 11.8. The molecule has 0 fully saturated rings. The van der Waals surface area contributed by atoms with Gasteiger partial charge in [-0.3, -0.25) is 0 Å². The molecule has 11 rings (SSSR count). The maximum atomic E-state index is 5.45. The third kappa shape index (κ3) is 4.46. The molecule has 11 aromatic rings. The van der Waals surface area contributed by atoms with Crippen LogP contribution < -0.4 is 0 Å². The molecule has 3 aromatic heterocycles. The summed E-state index contributed by atoms with van der Waals surface area (Å²) in [7, 11) is 0. The second kappa shape index (κ2) is 11.5. The molecular weight excluding hydrogens is 649 g/mol. The van der Waals surface area contributed by atoms with Crippen LogP contribution >= 0.6 is 11.3 Å². The Kier molecular flexibility index (Phi) is 6.46. The Bertz CT molecular complexity index is 3170. The third-order valence-electron chi connectivity index (χ3n) is 10.6. The average Bonchev–Trinajstić information content (AvgIpc) is 3.77. The van der Waals surface area contributed by atoms with E-state index in [9.17, 15) is 0 Å². The number of benzene rings is 8. The largest absolute Gasteiger partial charge is 0.309 e. The highest BCUT2D eigenvalue weighted by molar-refractivity contribution is 7.27. The first-order chi connectivity index (χ1) is 25.8. The summed E-state index contributed by atoms with van der Waals surface area (Å²) < 4.78 is 4.97. The lowest BCUT2D eigenvalue weighted by atomic mass is 9.96. The Labute approximate surface area is 304 Å². The molecule has 0 bridgehead atoms. The molecule has 0 unspecified atom stereocenters. The van der Waals surface area contributed by atoms with E-state index in [0.717, 1.165) is 28.1 Å². The lowest BCUT2D eigenvalue weighted by molar-refractivity contribution is 1.18. The van der Waals surface area contributed by atoms with E-state index in [4.69, 9.17) is 4.98 Å². The van der Waals surface area contributed by atoms with Crippen molar-refractivity contribution >= 4 is 74.9 Å². The molecule has 0 aliphatic heterocycles. The van der Waals surface area contributed by atoms with Crippen LogP contribution in [0.25, 0.3) is 103 Å². The van der Waals surface area contributed by atoms with E-state index in [1.165, 1.54) is 74.8 Å². The van der Waals surface area contributed by atoms with Crippen LogP contribution in [0.4, 0.5) is 0 Å². The van der Waals surface area contributed by atoms with Gasteiger partial charge in [-0.25, -0.2) is 4.98 Å². The molecule has 52 heavy (non-hydrogen) atoms. The van der Waals surface area contributed by atoms with Crippen LogP contribution in [0.15, 0.2) is 182 Å². The minimum atomic E-state index is 0.970. The van der Waals surface area contributed by atoms with Crippen LogP contribution in [0.3, 0.4) is 0 Å². The van der Waals surface area contributed by atoms with Gasteiger partial charge in [-0.05, 0) is 75.1 Å². The summed E-state index contributed by atoms with van der Waals surface area (Å²) in [5.41, 5.74) is 10.2. The van der Waals surface area contributed by atoms with Gasteiger partial charge in [0.05, 0.1) is 22.4 Å². The summed E-state index contributed by atoms with van der Waals surface area (Å²) in [6.07, 6.45) is 0. The SMILES string of the molecule is c1ccc(-c2cc(-c3ccc4c(ccc5ccccc54)c3)nc(-c3cccc4c3sc3c4ccc4c3c3ccccc3n4-c3ccccc3)c2)cc1. The van der Waals surface area contributed by atoms with Gasteiger partial charge < -0.3 is 4.57 Å². The average molecular weight is 679 g/mol. The van der Waals surface area contributed by atoms with Crippen molar-refractivity contribution in [2.75, 3.05) is 0 Å². The molecule has 0 spiro atoms. The van der Waals surface area contributed by atoms with E-state index in [-0.39, 0.29) is 0 Å². The second-order valence-corrected chi connectivity index (χ2v) is 14.5. The van der Waals surface area contributed by atoms with Crippen molar-refractivity contribution < 1.29 is 0 Å². The Morgan fingerprint density at radius 2 is 1.06 bits per heavy atom. The summed E-state index contributed by atoms with van der Waals surface area (Å²) in [5.74, 6) is 0. The molecule has 0 saturated carbocycles. The highest BCUT2D eigenvalue weighted by Gasteiger charge is 2.20. The Morgan fingerprint density at radius 3 is 1.94 bits per heavy atom. The first kappa shape index (κ1) is 29.2. The van der Waals surface area contributed by atoms with Gasteiger partial charge in [0.25, 0.3) is 0 Å². The summed E-state index contributed by atoms with van der Waals surface area (Å²) in [6, 6.07) is 65.9. The predicted molar refractivity (Wildman–Crippen MR) is 223 cm³/mol. The molecule has 2 nitrogen and oxygen atoms in total. The first-order valence-corrected chi connectivity index (χ1v) is 18.5. The summed E-state index contributed by atoms with van der Waals surface area (Å²) in [6.45, 7) is 0. The number of rotatable bonds is 4. The van der Waals surface area contributed by atoms with Crippen molar-refractivity contribution in [2.45, 2.75) is 0 Å². The van der Waals surface area contributed by atoms with Gasteiger partial charge >= 0.3 is 0 Å². The van der Waals surface area contributed by atoms with Gasteiger partial charge in [0.15, 0.2) is 0 Å². The van der Waals surface area contributed by atoms with Crippen molar-refractivity contribution in [3.8, 4) is 39.3 Å². The molecule has 0 radical (unpaired) electrons. The van der Waals surface area contributed by atoms with Crippen molar-refractivity contribution in [3.63, 3.8) is 0 Å². The van der Waals surface area contributed by atoms with Crippen LogP contribution in [-0.4, -0.2) is 9.55 Å². The van der Waals surface area contributed by atoms with Crippen LogP contribution in [0.2, 0.25) is 0 Å². The normalized spacial score (nSPS) is 11.8. The van der Waals surface area contributed by atoms with Crippen LogP contribution in [0.5, 0.6) is 0 Å². The van der Waals surface area contributed by atoms with Gasteiger partial charge in [0.2, 0.25) is 0 Å². The highest BCUT2D eigenvalue weighted by Crippen LogP contribution is 2.46. The Balaban J connectivity index is 1.15. The topological polar surface area (TPSA) is 17.8 Å². The molecule has 3 heterocycles. The van der Waals surface area contributed by atoms with Gasteiger partial charge in [0, 0.05) is 47.8 Å². The molecule has 3 heteroatoms. The lowest BCUT2D eigenvalue weighted by Crippen LogP contribution is -1.92. The fourth-order valence-electron chi connectivity index (χ4n) is 8.15. The molecule has 0 amide bonds. The zero-order valence-electron chi connectivity index (χ0n) is 28.1. The van der Waals surface area contributed by atoms with Crippen molar-refractivity contribution in [3.05, 3.63) is 182 Å². The minimum absolute atomic E-state index is 0.970. The van der Waals surface area contributed by atoms with E-state index in [2.05, 4.69) is 187 Å².